The molecule has 16 heavy (non-hydrogen) atoms. The average Bonchev–Trinajstić information content (AvgIpc) is 2.19. The third-order valence-corrected chi connectivity index (χ3v) is 2.92. The molecule has 0 saturated carbocycles. The molecule has 0 aliphatic rings. The summed E-state index contributed by atoms with van der Waals surface area (Å²) in [6.07, 6.45) is 0.562. The van der Waals surface area contributed by atoms with E-state index in [0.717, 1.165) is 13.0 Å². The molecule has 0 saturated heterocycles. The first-order chi connectivity index (χ1) is 7.49. The van der Waals surface area contributed by atoms with Crippen LogP contribution in [0.25, 0.3) is 0 Å². The largest absolute Gasteiger partial charge is 0.393 e. The standard InChI is InChI=1S/C14H23NO/c1-10-5-6-14(7-11(10)2)9-15-12(3)8-13(4)16/h5-7,12-13,15-16H,8-9H2,1-4H3. The number of aryl methyl sites for hydroxylation is 2. The van der Waals surface area contributed by atoms with Crippen LogP contribution in [-0.4, -0.2) is 17.3 Å². The highest BCUT2D eigenvalue weighted by Crippen LogP contribution is 2.10. The third-order valence-electron chi connectivity index (χ3n) is 2.92. The SMILES string of the molecule is Cc1ccc(CNC(C)CC(C)O)cc1C. The van der Waals surface area contributed by atoms with Crippen molar-refractivity contribution in [3.05, 3.63) is 34.9 Å². The van der Waals surface area contributed by atoms with E-state index in [4.69, 9.17) is 0 Å². The van der Waals surface area contributed by atoms with Crippen LogP contribution in [0.3, 0.4) is 0 Å². The molecule has 2 atom stereocenters. The maximum absolute atomic E-state index is 9.26. The molecule has 0 amide bonds. The van der Waals surface area contributed by atoms with Crippen molar-refractivity contribution in [3.8, 4) is 0 Å². The van der Waals surface area contributed by atoms with Gasteiger partial charge in [0.15, 0.2) is 0 Å². The molecule has 2 N–H and O–H groups in total. The molecule has 0 fully saturated rings. The normalized spacial score (nSPS) is 14.8. The fourth-order valence-electron chi connectivity index (χ4n) is 1.80. The lowest BCUT2D eigenvalue weighted by atomic mass is 10.1. The zero-order valence-corrected chi connectivity index (χ0v) is 10.7. The van der Waals surface area contributed by atoms with Gasteiger partial charge >= 0.3 is 0 Å². The highest BCUT2D eigenvalue weighted by atomic mass is 16.3. The van der Waals surface area contributed by atoms with Crippen molar-refractivity contribution in [2.45, 2.75) is 52.8 Å². The lowest BCUT2D eigenvalue weighted by Gasteiger charge is -2.15. The zero-order chi connectivity index (χ0) is 12.1. The zero-order valence-electron chi connectivity index (χ0n) is 10.7. The molecule has 0 spiro atoms. The predicted octanol–water partition coefficient (Wildman–Crippen LogP) is 2.55. The van der Waals surface area contributed by atoms with Gasteiger partial charge in [-0.1, -0.05) is 18.2 Å². The fraction of sp³-hybridized carbons (Fsp3) is 0.571. The smallest absolute Gasteiger partial charge is 0.0526 e. The van der Waals surface area contributed by atoms with E-state index in [9.17, 15) is 5.11 Å². The van der Waals surface area contributed by atoms with Gasteiger partial charge in [0, 0.05) is 12.6 Å². The number of aliphatic hydroxyl groups excluding tert-OH is 1. The van der Waals surface area contributed by atoms with Crippen molar-refractivity contribution in [3.63, 3.8) is 0 Å². The molecule has 1 aromatic rings. The number of nitrogens with one attached hydrogen (secondary N) is 1. The summed E-state index contributed by atoms with van der Waals surface area (Å²) in [5.74, 6) is 0. The molecule has 2 nitrogen and oxygen atoms in total. The maximum Gasteiger partial charge on any atom is 0.0526 e. The summed E-state index contributed by atoms with van der Waals surface area (Å²) >= 11 is 0. The lowest BCUT2D eigenvalue weighted by Crippen LogP contribution is -2.28. The Morgan fingerprint density at radius 1 is 1.19 bits per heavy atom. The summed E-state index contributed by atoms with van der Waals surface area (Å²) in [7, 11) is 0. The fourth-order valence-corrected chi connectivity index (χ4v) is 1.80. The van der Waals surface area contributed by atoms with E-state index in [1.165, 1.54) is 16.7 Å². The minimum atomic E-state index is -0.234. The number of aliphatic hydroxyl groups is 1. The Morgan fingerprint density at radius 3 is 2.44 bits per heavy atom. The molecule has 1 rings (SSSR count). The Hall–Kier alpha value is -0.860. The van der Waals surface area contributed by atoms with Crippen LogP contribution in [0.5, 0.6) is 0 Å². The summed E-state index contributed by atoms with van der Waals surface area (Å²) in [6.45, 7) is 9.07. The van der Waals surface area contributed by atoms with E-state index in [0.29, 0.717) is 6.04 Å². The lowest BCUT2D eigenvalue weighted by molar-refractivity contribution is 0.170. The van der Waals surface area contributed by atoms with Crippen LogP contribution in [0.4, 0.5) is 0 Å². The first-order valence-electron chi connectivity index (χ1n) is 5.96. The van der Waals surface area contributed by atoms with Gasteiger partial charge in [-0.15, -0.1) is 0 Å². The molecule has 0 aliphatic heterocycles. The Labute approximate surface area is 98.7 Å². The second-order valence-electron chi connectivity index (χ2n) is 4.79. The average molecular weight is 221 g/mol. The van der Waals surface area contributed by atoms with E-state index in [1.807, 2.05) is 6.92 Å². The first-order valence-corrected chi connectivity index (χ1v) is 5.96. The van der Waals surface area contributed by atoms with Gasteiger partial charge in [-0.3, -0.25) is 0 Å². The molecular weight excluding hydrogens is 198 g/mol. The van der Waals surface area contributed by atoms with Gasteiger partial charge in [0.2, 0.25) is 0 Å². The van der Waals surface area contributed by atoms with Crippen LogP contribution in [0.15, 0.2) is 18.2 Å². The van der Waals surface area contributed by atoms with Gasteiger partial charge in [0.1, 0.15) is 0 Å². The second-order valence-corrected chi connectivity index (χ2v) is 4.79. The third kappa shape index (κ3) is 4.33. The van der Waals surface area contributed by atoms with Gasteiger partial charge < -0.3 is 10.4 Å². The maximum atomic E-state index is 9.26. The predicted molar refractivity (Wildman–Crippen MR) is 68.5 cm³/mol. The molecule has 2 unspecified atom stereocenters. The van der Waals surface area contributed by atoms with Gasteiger partial charge in [0.25, 0.3) is 0 Å². The van der Waals surface area contributed by atoms with Crippen LogP contribution < -0.4 is 5.32 Å². The van der Waals surface area contributed by atoms with Gasteiger partial charge in [-0.05, 0) is 50.8 Å². The molecular formula is C14H23NO. The van der Waals surface area contributed by atoms with Crippen molar-refractivity contribution in [2.24, 2.45) is 0 Å². The Balaban J connectivity index is 2.45. The molecule has 0 aliphatic carbocycles. The van der Waals surface area contributed by atoms with Crippen molar-refractivity contribution in [1.29, 1.82) is 0 Å². The molecule has 0 aromatic heterocycles. The molecule has 90 valence electrons. The summed E-state index contributed by atoms with van der Waals surface area (Å²) < 4.78 is 0. The summed E-state index contributed by atoms with van der Waals surface area (Å²) in [6, 6.07) is 6.88. The van der Waals surface area contributed by atoms with Crippen LogP contribution in [0, 0.1) is 13.8 Å². The molecule has 1 aromatic carbocycles. The van der Waals surface area contributed by atoms with Gasteiger partial charge in [0.05, 0.1) is 6.10 Å². The van der Waals surface area contributed by atoms with E-state index in [-0.39, 0.29) is 6.10 Å². The van der Waals surface area contributed by atoms with Crippen LogP contribution in [-0.2, 0) is 6.54 Å². The highest BCUT2D eigenvalue weighted by Gasteiger charge is 2.05. The van der Waals surface area contributed by atoms with Gasteiger partial charge in [-0.2, -0.15) is 0 Å². The minimum Gasteiger partial charge on any atom is -0.393 e. The van der Waals surface area contributed by atoms with Crippen LogP contribution >= 0.6 is 0 Å². The van der Waals surface area contributed by atoms with Crippen molar-refractivity contribution in [2.75, 3.05) is 0 Å². The molecule has 0 radical (unpaired) electrons. The molecule has 0 bridgehead atoms. The molecule has 2 heteroatoms. The quantitative estimate of drug-likeness (QED) is 0.801. The number of benzene rings is 1. The minimum absolute atomic E-state index is 0.234. The van der Waals surface area contributed by atoms with Crippen molar-refractivity contribution >= 4 is 0 Å². The van der Waals surface area contributed by atoms with E-state index in [2.05, 4.69) is 44.3 Å². The topological polar surface area (TPSA) is 32.3 Å². The number of hydrogen-bond acceptors (Lipinski definition) is 2. The number of hydrogen-bond donors (Lipinski definition) is 2. The van der Waals surface area contributed by atoms with E-state index in [1.54, 1.807) is 0 Å². The van der Waals surface area contributed by atoms with Crippen molar-refractivity contribution < 1.29 is 5.11 Å². The van der Waals surface area contributed by atoms with E-state index < -0.39 is 0 Å². The summed E-state index contributed by atoms with van der Waals surface area (Å²) in [4.78, 5) is 0. The highest BCUT2D eigenvalue weighted by molar-refractivity contribution is 5.29. The monoisotopic (exact) mass is 221 g/mol. The Morgan fingerprint density at radius 2 is 1.88 bits per heavy atom. The molecule has 0 heterocycles. The summed E-state index contributed by atoms with van der Waals surface area (Å²) in [5.41, 5.74) is 3.98. The Kier molecular flexibility index (Phi) is 4.97. The van der Waals surface area contributed by atoms with Gasteiger partial charge in [-0.25, -0.2) is 0 Å². The Bertz CT molecular complexity index is 334. The van der Waals surface area contributed by atoms with E-state index >= 15 is 0 Å². The first kappa shape index (κ1) is 13.2. The van der Waals surface area contributed by atoms with Crippen LogP contribution in [0.2, 0.25) is 0 Å². The number of rotatable bonds is 5. The van der Waals surface area contributed by atoms with Crippen LogP contribution in [0.1, 0.15) is 37.0 Å². The second kappa shape index (κ2) is 6.02. The van der Waals surface area contributed by atoms with Crippen molar-refractivity contribution in [1.82, 2.24) is 5.32 Å². The summed E-state index contributed by atoms with van der Waals surface area (Å²) in [5, 5.41) is 12.7.